The zero-order chi connectivity index (χ0) is 27.3. The normalized spacial score (nSPS) is 14.4. The van der Waals surface area contributed by atoms with Crippen molar-refractivity contribution < 1.29 is 22.0 Å². The fourth-order valence-corrected chi connectivity index (χ4v) is 4.57. The van der Waals surface area contributed by atoms with Gasteiger partial charge in [0.05, 0.1) is 23.5 Å². The number of rotatable bonds is 4. The topological polar surface area (TPSA) is 73.6 Å². The molecule has 11 heteroatoms. The van der Waals surface area contributed by atoms with E-state index in [-0.39, 0.29) is 34.9 Å². The number of hydrogen-bond donors (Lipinski definition) is 0. The lowest BCUT2D eigenvalue weighted by Crippen LogP contribution is -2.29. The molecule has 4 aromatic heterocycles. The zero-order valence-corrected chi connectivity index (χ0v) is 20.6. The van der Waals surface area contributed by atoms with E-state index in [0.717, 1.165) is 44.4 Å². The third kappa shape index (κ3) is 6.38. The Kier molecular flexibility index (Phi) is 8.43. The van der Waals surface area contributed by atoms with E-state index in [1.807, 2.05) is 0 Å². The van der Waals surface area contributed by atoms with Crippen molar-refractivity contribution in [2.75, 3.05) is 0 Å². The number of pyridine rings is 3. The van der Waals surface area contributed by atoms with Gasteiger partial charge in [0.2, 0.25) is 0 Å². The average molecular weight is 532 g/mol. The molecule has 4 aromatic rings. The van der Waals surface area contributed by atoms with Crippen LogP contribution in [0.5, 0.6) is 0 Å². The second-order valence-electron chi connectivity index (χ2n) is 9.13. The number of nitrogens with zero attached hydrogens (tertiary/aromatic N) is 5. The van der Waals surface area contributed by atoms with E-state index in [2.05, 4.69) is 19.9 Å². The number of alkyl halides is 5. The van der Waals surface area contributed by atoms with Gasteiger partial charge in [0.1, 0.15) is 5.52 Å². The molecule has 6 nitrogen and oxygen atoms in total. The summed E-state index contributed by atoms with van der Waals surface area (Å²) in [7, 11) is 0. The quantitative estimate of drug-likeness (QED) is 0.277. The van der Waals surface area contributed by atoms with Crippen LogP contribution in [0.25, 0.3) is 11.2 Å². The molecule has 1 aliphatic rings. The van der Waals surface area contributed by atoms with Crippen LogP contribution in [0.1, 0.15) is 72.5 Å². The molecule has 4 heterocycles. The third-order valence-corrected chi connectivity index (χ3v) is 6.43. The number of fused-ring (bicyclic) bond motifs is 1. The van der Waals surface area contributed by atoms with E-state index < -0.39 is 18.2 Å². The SMILES string of the molecule is Cc1cnc2cc(C3CCCCC3)c(=O)n(Cc3ncccc3C(F)(F)F)c2n1.FC(F)c1cccnc1. The van der Waals surface area contributed by atoms with Crippen LogP contribution in [0.4, 0.5) is 22.0 Å². The third-order valence-electron chi connectivity index (χ3n) is 6.43. The first kappa shape index (κ1) is 27.3. The van der Waals surface area contributed by atoms with Gasteiger partial charge in [0.25, 0.3) is 12.0 Å². The molecule has 0 saturated heterocycles. The summed E-state index contributed by atoms with van der Waals surface area (Å²) in [6.07, 6.45) is 3.60. The van der Waals surface area contributed by atoms with Crippen molar-refractivity contribution in [3.05, 3.63) is 93.6 Å². The monoisotopic (exact) mass is 531 g/mol. The summed E-state index contributed by atoms with van der Waals surface area (Å²) in [5.74, 6) is 0.0980. The van der Waals surface area contributed by atoms with Crippen molar-refractivity contribution >= 4 is 11.2 Å². The maximum atomic E-state index is 13.4. The largest absolute Gasteiger partial charge is 0.418 e. The molecule has 0 radical (unpaired) electrons. The smallest absolute Gasteiger partial charge is 0.285 e. The highest BCUT2D eigenvalue weighted by molar-refractivity contribution is 5.71. The van der Waals surface area contributed by atoms with E-state index in [1.165, 1.54) is 35.2 Å². The lowest BCUT2D eigenvalue weighted by molar-refractivity contribution is -0.138. The first-order chi connectivity index (χ1) is 18.1. The summed E-state index contributed by atoms with van der Waals surface area (Å²) < 4.78 is 65.1. The van der Waals surface area contributed by atoms with Crippen LogP contribution >= 0.6 is 0 Å². The summed E-state index contributed by atoms with van der Waals surface area (Å²) in [6, 6.07) is 6.83. The van der Waals surface area contributed by atoms with E-state index in [1.54, 1.807) is 19.2 Å². The first-order valence-corrected chi connectivity index (χ1v) is 12.2. The molecule has 0 atom stereocenters. The van der Waals surface area contributed by atoms with E-state index in [0.29, 0.717) is 16.8 Å². The van der Waals surface area contributed by atoms with Crippen molar-refractivity contribution in [2.45, 2.75) is 64.1 Å². The van der Waals surface area contributed by atoms with Gasteiger partial charge >= 0.3 is 6.18 Å². The van der Waals surface area contributed by atoms with E-state index in [4.69, 9.17) is 0 Å². The van der Waals surface area contributed by atoms with Crippen molar-refractivity contribution in [3.8, 4) is 0 Å². The molecule has 38 heavy (non-hydrogen) atoms. The Balaban J connectivity index is 0.000000317. The molecule has 1 fully saturated rings. The summed E-state index contributed by atoms with van der Waals surface area (Å²) in [5, 5.41) is 0. The number of halogens is 5. The molecule has 0 spiro atoms. The van der Waals surface area contributed by atoms with Gasteiger partial charge in [-0.15, -0.1) is 0 Å². The highest BCUT2D eigenvalue weighted by Crippen LogP contribution is 2.33. The van der Waals surface area contributed by atoms with Crippen molar-refractivity contribution in [3.63, 3.8) is 0 Å². The second kappa shape index (κ2) is 11.7. The van der Waals surface area contributed by atoms with Crippen LogP contribution in [0.3, 0.4) is 0 Å². The zero-order valence-electron chi connectivity index (χ0n) is 20.6. The summed E-state index contributed by atoms with van der Waals surface area (Å²) in [5.41, 5.74) is 0.624. The van der Waals surface area contributed by atoms with Gasteiger partial charge in [-0.3, -0.25) is 24.3 Å². The van der Waals surface area contributed by atoms with Crippen LogP contribution in [0.2, 0.25) is 0 Å². The van der Waals surface area contributed by atoms with Crippen molar-refractivity contribution in [2.24, 2.45) is 0 Å². The van der Waals surface area contributed by atoms with Gasteiger partial charge in [0.15, 0.2) is 5.65 Å². The summed E-state index contributed by atoms with van der Waals surface area (Å²) in [6.45, 7) is 1.43. The van der Waals surface area contributed by atoms with Crippen molar-refractivity contribution in [1.82, 2.24) is 24.5 Å². The molecular formula is C27H26F5N5O. The standard InChI is InChI=1S/C21H21F3N4O.C6H5F2N/c1-13-11-26-17-10-15(14-6-3-2-4-7-14)20(29)28(19(17)27-13)12-18-16(21(22,23)24)8-5-9-25-18;7-6(8)5-2-1-3-9-4-5/h5,8-11,14H,2-4,6-7,12H2,1H3;1-4,6H. The highest BCUT2D eigenvalue weighted by atomic mass is 19.4. The number of hydrogen-bond acceptors (Lipinski definition) is 5. The Morgan fingerprint density at radius 3 is 2.39 bits per heavy atom. The lowest BCUT2D eigenvalue weighted by atomic mass is 9.84. The molecule has 0 amide bonds. The summed E-state index contributed by atoms with van der Waals surface area (Å²) >= 11 is 0. The Morgan fingerprint density at radius 2 is 1.76 bits per heavy atom. The predicted molar refractivity (Wildman–Crippen MR) is 132 cm³/mol. The van der Waals surface area contributed by atoms with Gasteiger partial charge < -0.3 is 0 Å². The van der Waals surface area contributed by atoms with Gasteiger partial charge in [-0.05, 0) is 49.9 Å². The minimum Gasteiger partial charge on any atom is -0.285 e. The molecule has 0 N–H and O–H groups in total. The Labute approximate surface area is 215 Å². The van der Waals surface area contributed by atoms with Crippen LogP contribution < -0.4 is 5.56 Å². The van der Waals surface area contributed by atoms with E-state index in [9.17, 15) is 26.7 Å². The Hall–Kier alpha value is -3.76. The molecule has 0 aliphatic heterocycles. The van der Waals surface area contributed by atoms with Crippen LogP contribution in [-0.4, -0.2) is 24.5 Å². The van der Waals surface area contributed by atoms with Gasteiger partial charge in [-0.1, -0.05) is 25.3 Å². The molecule has 1 saturated carbocycles. The fraction of sp³-hybridized carbons (Fsp3) is 0.370. The first-order valence-electron chi connectivity index (χ1n) is 12.2. The second-order valence-corrected chi connectivity index (χ2v) is 9.13. The van der Waals surface area contributed by atoms with Gasteiger partial charge in [-0.25, -0.2) is 13.8 Å². The van der Waals surface area contributed by atoms with Crippen LogP contribution in [0.15, 0.2) is 59.9 Å². The Bertz CT molecular complexity index is 1430. The molecule has 0 bridgehead atoms. The molecule has 5 rings (SSSR count). The lowest BCUT2D eigenvalue weighted by Gasteiger charge is -2.23. The molecule has 0 aromatic carbocycles. The molecule has 1 aliphatic carbocycles. The number of aryl methyl sites for hydroxylation is 1. The number of aromatic nitrogens is 5. The van der Waals surface area contributed by atoms with Gasteiger partial charge in [0, 0.05) is 35.9 Å². The highest BCUT2D eigenvalue weighted by Gasteiger charge is 2.34. The Morgan fingerprint density at radius 1 is 1.03 bits per heavy atom. The minimum atomic E-state index is -4.55. The van der Waals surface area contributed by atoms with Crippen molar-refractivity contribution in [1.29, 1.82) is 0 Å². The van der Waals surface area contributed by atoms with Crippen LogP contribution in [0, 0.1) is 6.92 Å². The van der Waals surface area contributed by atoms with Gasteiger partial charge in [-0.2, -0.15) is 13.2 Å². The molecule has 0 unspecified atom stereocenters. The van der Waals surface area contributed by atoms with Crippen LogP contribution in [-0.2, 0) is 12.7 Å². The molecule has 200 valence electrons. The van der Waals surface area contributed by atoms with E-state index >= 15 is 0 Å². The molecular weight excluding hydrogens is 505 g/mol. The predicted octanol–water partition coefficient (Wildman–Crippen LogP) is 6.63. The fourth-order valence-electron chi connectivity index (χ4n) is 4.57. The maximum absolute atomic E-state index is 13.4. The minimum absolute atomic E-state index is 0.0301. The summed E-state index contributed by atoms with van der Waals surface area (Å²) in [4.78, 5) is 29.6. The average Bonchev–Trinajstić information content (AvgIpc) is 2.91. The maximum Gasteiger partial charge on any atom is 0.418 e.